The summed E-state index contributed by atoms with van der Waals surface area (Å²) in [6.45, 7) is 2.75. The number of nitriles is 1. The van der Waals surface area contributed by atoms with Gasteiger partial charge in [0, 0.05) is 38.9 Å². The zero-order chi connectivity index (χ0) is 19.1. The van der Waals surface area contributed by atoms with Gasteiger partial charge in [-0.3, -0.25) is 4.79 Å². The van der Waals surface area contributed by atoms with Gasteiger partial charge in [0.05, 0.1) is 24.0 Å². The maximum absolute atomic E-state index is 12.1. The number of carbonyl (C=O) groups is 1. The Hall–Kier alpha value is -3.29. The van der Waals surface area contributed by atoms with Crippen molar-refractivity contribution in [2.45, 2.75) is 6.10 Å². The number of aromatic nitrogens is 3. The Labute approximate surface area is 156 Å². The average molecular weight is 368 g/mol. The number of carbonyl (C=O) groups excluding carboxylic acids is 1. The second-order valence-electron chi connectivity index (χ2n) is 5.82. The van der Waals surface area contributed by atoms with Crippen LogP contribution in [0.2, 0.25) is 0 Å². The van der Waals surface area contributed by atoms with Crippen LogP contribution in [0.1, 0.15) is 16.1 Å². The molecule has 0 bridgehead atoms. The zero-order valence-corrected chi connectivity index (χ0v) is 14.8. The predicted octanol–water partition coefficient (Wildman–Crippen LogP) is 0.247. The lowest BCUT2D eigenvalue weighted by atomic mass is 10.2. The van der Waals surface area contributed by atoms with Crippen molar-refractivity contribution in [3.63, 3.8) is 0 Å². The molecule has 1 atom stereocenters. The molecule has 1 aliphatic heterocycles. The van der Waals surface area contributed by atoms with Crippen LogP contribution in [0.15, 0.2) is 24.4 Å². The summed E-state index contributed by atoms with van der Waals surface area (Å²) in [6.07, 6.45) is 1.46. The molecular weight excluding hydrogens is 348 g/mol. The van der Waals surface area contributed by atoms with Crippen LogP contribution in [-0.4, -0.2) is 60.5 Å². The van der Waals surface area contributed by atoms with Gasteiger partial charge in [-0.1, -0.05) is 0 Å². The number of anilines is 3. The van der Waals surface area contributed by atoms with E-state index in [1.54, 1.807) is 18.2 Å². The van der Waals surface area contributed by atoms with Gasteiger partial charge >= 0.3 is 0 Å². The van der Waals surface area contributed by atoms with Crippen LogP contribution < -0.4 is 21.3 Å². The van der Waals surface area contributed by atoms with Crippen LogP contribution in [0.25, 0.3) is 0 Å². The van der Waals surface area contributed by atoms with Crippen LogP contribution in [0.5, 0.6) is 0 Å². The van der Waals surface area contributed by atoms with Crippen LogP contribution >= 0.6 is 0 Å². The first-order chi connectivity index (χ1) is 13.2. The Morgan fingerprint density at radius 2 is 2.30 bits per heavy atom. The normalized spacial score (nSPS) is 16.2. The number of hydrogen-bond acceptors (Lipinski definition) is 9. The summed E-state index contributed by atoms with van der Waals surface area (Å²) in [5.74, 6) is 0.600. The van der Waals surface area contributed by atoms with E-state index in [1.165, 1.54) is 13.2 Å². The van der Waals surface area contributed by atoms with Crippen molar-refractivity contribution >= 4 is 23.2 Å². The molecule has 0 radical (unpaired) electrons. The van der Waals surface area contributed by atoms with Crippen LogP contribution in [0.3, 0.4) is 0 Å². The van der Waals surface area contributed by atoms with Gasteiger partial charge in [0.15, 0.2) is 11.5 Å². The minimum atomic E-state index is -0.337. The topological polar surface area (TPSA) is 137 Å². The summed E-state index contributed by atoms with van der Waals surface area (Å²) in [5.41, 5.74) is 1.19. The number of morpholine rings is 1. The molecule has 140 valence electrons. The Morgan fingerprint density at radius 3 is 2.96 bits per heavy atom. The van der Waals surface area contributed by atoms with E-state index in [4.69, 9.17) is 10.00 Å². The van der Waals surface area contributed by atoms with Gasteiger partial charge in [0.2, 0.25) is 0 Å². The highest BCUT2D eigenvalue weighted by molar-refractivity contribution is 5.97. The van der Waals surface area contributed by atoms with Crippen LogP contribution in [0.4, 0.5) is 17.3 Å². The molecule has 1 fully saturated rings. The van der Waals surface area contributed by atoms with E-state index in [-0.39, 0.29) is 17.7 Å². The van der Waals surface area contributed by atoms with E-state index in [2.05, 4.69) is 36.4 Å². The van der Waals surface area contributed by atoms with Gasteiger partial charge in [-0.05, 0) is 12.1 Å². The minimum Gasteiger partial charge on any atom is -0.380 e. The summed E-state index contributed by atoms with van der Waals surface area (Å²) in [6, 6.07) is 7.02. The SMILES string of the molecule is CNC(=O)c1nnc(Nc2ccc(C#N)cn2)cc1NCC1CNCCO1. The van der Waals surface area contributed by atoms with Crippen LogP contribution in [-0.2, 0) is 4.74 Å². The van der Waals surface area contributed by atoms with Gasteiger partial charge in [-0.2, -0.15) is 5.26 Å². The van der Waals surface area contributed by atoms with E-state index < -0.39 is 0 Å². The van der Waals surface area contributed by atoms with Gasteiger partial charge in [0.1, 0.15) is 11.9 Å². The molecule has 2 aromatic heterocycles. The molecule has 3 heterocycles. The standard InChI is InChI=1S/C17H20N8O2/c1-19-17(26)16-13(21-10-12-9-20-4-5-27-12)6-15(24-25-16)23-14-3-2-11(7-18)8-22-14/h2-3,6,8,12,20H,4-5,9-10H2,1H3,(H,19,26)(H2,21,22,23,24). The highest BCUT2D eigenvalue weighted by atomic mass is 16.5. The molecule has 1 amide bonds. The highest BCUT2D eigenvalue weighted by Crippen LogP contribution is 2.19. The third kappa shape index (κ3) is 4.87. The first kappa shape index (κ1) is 18.5. The average Bonchev–Trinajstić information content (AvgIpc) is 2.73. The third-order valence-corrected chi connectivity index (χ3v) is 3.91. The number of pyridine rings is 1. The van der Waals surface area contributed by atoms with Gasteiger partial charge in [-0.15, -0.1) is 10.2 Å². The maximum atomic E-state index is 12.1. The molecule has 10 heteroatoms. The Kier molecular flexibility index (Phi) is 6.09. The van der Waals surface area contributed by atoms with E-state index in [0.717, 1.165) is 13.1 Å². The Balaban J connectivity index is 1.76. The molecule has 1 saturated heterocycles. The minimum absolute atomic E-state index is 0.000977. The first-order valence-electron chi connectivity index (χ1n) is 8.48. The summed E-state index contributed by atoms with van der Waals surface area (Å²) in [5, 5.41) is 28.9. The molecule has 0 spiro atoms. The summed E-state index contributed by atoms with van der Waals surface area (Å²) in [7, 11) is 1.54. The molecular formula is C17H20N8O2. The highest BCUT2D eigenvalue weighted by Gasteiger charge is 2.17. The predicted molar refractivity (Wildman–Crippen MR) is 98.8 cm³/mol. The summed E-state index contributed by atoms with van der Waals surface area (Å²) < 4.78 is 5.66. The summed E-state index contributed by atoms with van der Waals surface area (Å²) in [4.78, 5) is 16.2. The first-order valence-corrected chi connectivity index (χ1v) is 8.48. The van der Waals surface area contributed by atoms with E-state index in [0.29, 0.717) is 36.0 Å². The number of rotatable bonds is 6. The van der Waals surface area contributed by atoms with Gasteiger partial charge < -0.3 is 26.0 Å². The smallest absolute Gasteiger partial charge is 0.273 e. The largest absolute Gasteiger partial charge is 0.380 e. The third-order valence-electron chi connectivity index (χ3n) is 3.91. The van der Waals surface area contributed by atoms with Gasteiger partial charge in [0.25, 0.3) is 5.91 Å². The fourth-order valence-corrected chi connectivity index (χ4v) is 2.51. The lowest BCUT2D eigenvalue weighted by Crippen LogP contribution is -2.42. The number of nitrogens with zero attached hydrogens (tertiary/aromatic N) is 4. The van der Waals surface area contributed by atoms with Crippen molar-refractivity contribution in [1.29, 1.82) is 5.26 Å². The van der Waals surface area contributed by atoms with E-state index in [1.807, 2.05) is 6.07 Å². The molecule has 3 rings (SSSR count). The fraction of sp³-hybridized carbons (Fsp3) is 0.353. The number of amides is 1. The van der Waals surface area contributed by atoms with Crippen molar-refractivity contribution < 1.29 is 9.53 Å². The monoisotopic (exact) mass is 368 g/mol. The number of nitrogens with one attached hydrogen (secondary N) is 4. The van der Waals surface area contributed by atoms with Crippen LogP contribution in [0, 0.1) is 11.3 Å². The molecule has 27 heavy (non-hydrogen) atoms. The van der Waals surface area contributed by atoms with Crippen molar-refractivity contribution in [3.05, 3.63) is 35.7 Å². The second-order valence-corrected chi connectivity index (χ2v) is 5.82. The number of hydrogen-bond donors (Lipinski definition) is 4. The quantitative estimate of drug-likeness (QED) is 0.565. The molecule has 0 aromatic carbocycles. The molecule has 1 aliphatic rings. The molecule has 10 nitrogen and oxygen atoms in total. The second kappa shape index (κ2) is 8.88. The Morgan fingerprint density at radius 1 is 1.41 bits per heavy atom. The lowest BCUT2D eigenvalue weighted by Gasteiger charge is -2.24. The maximum Gasteiger partial charge on any atom is 0.273 e. The van der Waals surface area contributed by atoms with E-state index >= 15 is 0 Å². The fourth-order valence-electron chi connectivity index (χ4n) is 2.51. The molecule has 0 saturated carbocycles. The molecule has 0 aliphatic carbocycles. The van der Waals surface area contributed by atoms with Crippen molar-refractivity contribution in [2.24, 2.45) is 0 Å². The lowest BCUT2D eigenvalue weighted by molar-refractivity contribution is 0.0372. The van der Waals surface area contributed by atoms with Crippen molar-refractivity contribution in [1.82, 2.24) is 25.8 Å². The van der Waals surface area contributed by atoms with Crippen molar-refractivity contribution in [2.75, 3.05) is 43.9 Å². The van der Waals surface area contributed by atoms with E-state index in [9.17, 15) is 4.79 Å². The Bertz CT molecular complexity index is 828. The zero-order valence-electron chi connectivity index (χ0n) is 14.8. The molecule has 4 N–H and O–H groups in total. The van der Waals surface area contributed by atoms with Gasteiger partial charge in [-0.25, -0.2) is 4.98 Å². The van der Waals surface area contributed by atoms with Crippen molar-refractivity contribution in [3.8, 4) is 6.07 Å². The molecule has 1 unspecified atom stereocenters. The number of ether oxygens (including phenoxy) is 1. The molecule has 2 aromatic rings. The summed E-state index contributed by atoms with van der Waals surface area (Å²) >= 11 is 0.